The maximum Gasteiger partial charge on any atom is 0.414 e. The Labute approximate surface area is 218 Å². The lowest BCUT2D eigenvalue weighted by Gasteiger charge is -2.40. The van der Waals surface area contributed by atoms with E-state index >= 15 is 0 Å². The summed E-state index contributed by atoms with van der Waals surface area (Å²) in [7, 11) is 0. The molecule has 2 aliphatic rings. The average molecular weight is 519 g/mol. The highest BCUT2D eigenvalue weighted by molar-refractivity contribution is 6.09. The number of nitrogens with one attached hydrogen (secondary N) is 1. The zero-order valence-corrected chi connectivity index (χ0v) is 21.0. The van der Waals surface area contributed by atoms with Gasteiger partial charge in [-0.15, -0.1) is 0 Å². The van der Waals surface area contributed by atoms with Crippen LogP contribution in [0.3, 0.4) is 0 Å². The SMILES string of the molecule is CCn1c2ccccc2c2cc(NC(=O)CN3CCC(N4C(=O)OCc5cc(F)c(F)cc54)CC3)ccc21. The largest absolute Gasteiger partial charge is 0.444 e. The summed E-state index contributed by atoms with van der Waals surface area (Å²) < 4.78 is 35.1. The molecule has 6 rings (SSSR count). The molecule has 2 aliphatic heterocycles. The smallest absolute Gasteiger partial charge is 0.414 e. The summed E-state index contributed by atoms with van der Waals surface area (Å²) in [5.41, 5.74) is 3.86. The summed E-state index contributed by atoms with van der Waals surface area (Å²) in [6, 6.07) is 16.2. The van der Waals surface area contributed by atoms with Crippen molar-refractivity contribution < 1.29 is 23.1 Å². The molecule has 0 saturated carbocycles. The average Bonchev–Trinajstić information content (AvgIpc) is 3.23. The quantitative estimate of drug-likeness (QED) is 0.371. The summed E-state index contributed by atoms with van der Waals surface area (Å²) in [6.45, 7) is 4.30. The van der Waals surface area contributed by atoms with Crippen LogP contribution in [0.15, 0.2) is 54.6 Å². The number of anilines is 2. The van der Waals surface area contributed by atoms with E-state index in [-0.39, 0.29) is 25.1 Å². The second kappa shape index (κ2) is 9.72. The molecule has 0 spiro atoms. The second-order valence-corrected chi connectivity index (χ2v) is 9.87. The summed E-state index contributed by atoms with van der Waals surface area (Å²) >= 11 is 0. The molecule has 38 heavy (non-hydrogen) atoms. The van der Waals surface area contributed by atoms with Crippen molar-refractivity contribution in [3.63, 3.8) is 0 Å². The van der Waals surface area contributed by atoms with Crippen molar-refractivity contribution in [2.75, 3.05) is 29.9 Å². The number of ether oxygens (including phenoxy) is 1. The van der Waals surface area contributed by atoms with E-state index in [2.05, 4.69) is 28.9 Å². The topological polar surface area (TPSA) is 66.8 Å². The number of carbonyl (C=O) groups is 2. The molecule has 4 aromatic rings. The van der Waals surface area contributed by atoms with Crippen LogP contribution in [0.4, 0.5) is 25.0 Å². The zero-order chi connectivity index (χ0) is 26.4. The van der Waals surface area contributed by atoms with E-state index in [0.29, 0.717) is 37.2 Å². The Balaban J connectivity index is 1.11. The standard InChI is InChI=1S/C29H28F2N4O3/c1-2-34-25-6-4-3-5-21(25)22-14-19(7-8-26(22)34)32-28(36)16-33-11-9-20(10-12-33)35-27-15-24(31)23(30)13-18(27)17-38-29(35)37/h3-8,13-15,20H,2,9-12,16-17H2,1H3,(H,32,36). The fourth-order valence-electron chi connectivity index (χ4n) is 5.78. The number of cyclic esters (lactones) is 1. The molecule has 0 radical (unpaired) electrons. The number of nitrogens with zero attached hydrogens (tertiary/aromatic N) is 3. The van der Waals surface area contributed by atoms with E-state index in [1.165, 1.54) is 10.4 Å². The third-order valence-corrected chi connectivity index (χ3v) is 7.59. The minimum absolute atomic E-state index is 0.0777. The van der Waals surface area contributed by atoms with Gasteiger partial charge in [0.1, 0.15) is 6.61 Å². The molecular formula is C29H28F2N4O3. The van der Waals surface area contributed by atoms with Crippen molar-refractivity contribution in [3.05, 3.63) is 71.8 Å². The Hall–Kier alpha value is -3.98. The Morgan fingerprint density at radius 2 is 1.74 bits per heavy atom. The van der Waals surface area contributed by atoms with Crippen molar-refractivity contribution >= 4 is 45.2 Å². The lowest BCUT2D eigenvalue weighted by Crippen LogP contribution is -2.50. The fraction of sp³-hybridized carbons (Fsp3) is 0.310. The maximum absolute atomic E-state index is 13.9. The van der Waals surface area contributed by atoms with Gasteiger partial charge in [0.05, 0.1) is 12.2 Å². The number of para-hydroxylation sites is 1. The predicted octanol–water partition coefficient (Wildman–Crippen LogP) is 5.65. The van der Waals surface area contributed by atoms with Gasteiger partial charge in [0.15, 0.2) is 11.6 Å². The van der Waals surface area contributed by atoms with E-state index in [0.717, 1.165) is 40.7 Å². The van der Waals surface area contributed by atoms with E-state index < -0.39 is 17.7 Å². The monoisotopic (exact) mass is 518 g/mol. The molecule has 3 aromatic carbocycles. The van der Waals surface area contributed by atoms with Crippen molar-refractivity contribution in [3.8, 4) is 0 Å². The van der Waals surface area contributed by atoms with Gasteiger partial charge in [-0.1, -0.05) is 18.2 Å². The van der Waals surface area contributed by atoms with Crippen molar-refractivity contribution in [1.82, 2.24) is 9.47 Å². The number of carbonyl (C=O) groups excluding carboxylic acids is 2. The number of hydrogen-bond acceptors (Lipinski definition) is 4. The molecular weight excluding hydrogens is 490 g/mol. The molecule has 2 amide bonds. The van der Waals surface area contributed by atoms with Crippen LogP contribution in [-0.4, -0.2) is 47.1 Å². The minimum Gasteiger partial charge on any atom is -0.444 e. The molecule has 3 heterocycles. The first kappa shape index (κ1) is 24.4. The van der Waals surface area contributed by atoms with Gasteiger partial charge in [-0.2, -0.15) is 0 Å². The van der Waals surface area contributed by atoms with Gasteiger partial charge in [-0.25, -0.2) is 13.6 Å². The number of aryl methyl sites for hydroxylation is 1. The van der Waals surface area contributed by atoms with Crippen molar-refractivity contribution in [2.24, 2.45) is 0 Å². The molecule has 7 nitrogen and oxygen atoms in total. The zero-order valence-electron chi connectivity index (χ0n) is 21.0. The first-order valence-electron chi connectivity index (χ1n) is 12.9. The van der Waals surface area contributed by atoms with Gasteiger partial charge in [0.25, 0.3) is 0 Å². The molecule has 0 unspecified atom stereocenters. The molecule has 196 valence electrons. The van der Waals surface area contributed by atoms with Gasteiger partial charge in [0.2, 0.25) is 5.91 Å². The Morgan fingerprint density at radius 3 is 2.53 bits per heavy atom. The van der Waals surface area contributed by atoms with Crippen LogP contribution < -0.4 is 10.2 Å². The number of fused-ring (bicyclic) bond motifs is 4. The Kier molecular flexibility index (Phi) is 6.23. The molecule has 0 atom stereocenters. The molecule has 0 aliphatic carbocycles. The van der Waals surface area contributed by atoms with Gasteiger partial charge in [0, 0.05) is 64.8 Å². The van der Waals surface area contributed by atoms with Crippen LogP contribution >= 0.6 is 0 Å². The summed E-state index contributed by atoms with van der Waals surface area (Å²) in [5.74, 6) is -2.06. The van der Waals surface area contributed by atoms with Crippen LogP contribution in [-0.2, 0) is 22.7 Å². The van der Waals surface area contributed by atoms with Crippen molar-refractivity contribution in [1.29, 1.82) is 0 Å². The summed E-state index contributed by atoms with van der Waals surface area (Å²) in [4.78, 5) is 28.9. The number of likely N-dealkylation sites (tertiary alicyclic amines) is 1. The van der Waals surface area contributed by atoms with E-state index in [1.807, 2.05) is 35.2 Å². The lowest BCUT2D eigenvalue weighted by molar-refractivity contribution is -0.117. The fourth-order valence-corrected chi connectivity index (χ4v) is 5.78. The van der Waals surface area contributed by atoms with Crippen LogP contribution in [0.25, 0.3) is 21.8 Å². The lowest BCUT2D eigenvalue weighted by atomic mass is 10.0. The third-order valence-electron chi connectivity index (χ3n) is 7.59. The highest BCUT2D eigenvalue weighted by Gasteiger charge is 2.35. The van der Waals surface area contributed by atoms with Gasteiger partial charge < -0.3 is 14.6 Å². The second-order valence-electron chi connectivity index (χ2n) is 9.87. The molecule has 9 heteroatoms. The Bertz CT molecular complexity index is 1560. The molecule has 1 aromatic heterocycles. The van der Waals surface area contributed by atoms with Gasteiger partial charge in [-0.05, 0) is 50.1 Å². The third kappa shape index (κ3) is 4.26. The number of halogens is 2. The number of rotatable bonds is 5. The normalized spacial score (nSPS) is 16.6. The van der Waals surface area contributed by atoms with Crippen LogP contribution in [0.2, 0.25) is 0 Å². The predicted molar refractivity (Wildman–Crippen MR) is 142 cm³/mol. The molecule has 1 fully saturated rings. The first-order valence-corrected chi connectivity index (χ1v) is 12.9. The van der Waals surface area contributed by atoms with E-state index in [1.54, 1.807) is 0 Å². The maximum atomic E-state index is 13.9. The van der Waals surface area contributed by atoms with E-state index in [4.69, 9.17) is 4.74 Å². The van der Waals surface area contributed by atoms with E-state index in [9.17, 15) is 18.4 Å². The number of benzene rings is 3. The molecule has 1 saturated heterocycles. The van der Waals surface area contributed by atoms with Crippen LogP contribution in [0.5, 0.6) is 0 Å². The molecule has 0 bridgehead atoms. The minimum atomic E-state index is -0.991. The van der Waals surface area contributed by atoms with Crippen molar-refractivity contribution in [2.45, 2.75) is 39.0 Å². The first-order chi connectivity index (χ1) is 18.4. The highest BCUT2D eigenvalue weighted by Crippen LogP contribution is 2.34. The van der Waals surface area contributed by atoms with Crippen LogP contribution in [0.1, 0.15) is 25.3 Å². The Morgan fingerprint density at radius 1 is 1.00 bits per heavy atom. The van der Waals surface area contributed by atoms with Crippen LogP contribution in [0, 0.1) is 11.6 Å². The number of piperidine rings is 1. The molecule has 1 N–H and O–H groups in total. The highest BCUT2D eigenvalue weighted by atomic mass is 19.2. The van der Waals surface area contributed by atoms with Gasteiger partial charge in [-0.3, -0.25) is 14.6 Å². The number of aromatic nitrogens is 1. The summed E-state index contributed by atoms with van der Waals surface area (Å²) in [6.07, 6.45) is 0.617. The summed E-state index contributed by atoms with van der Waals surface area (Å²) in [5, 5.41) is 5.29. The van der Waals surface area contributed by atoms with Gasteiger partial charge >= 0.3 is 6.09 Å². The number of hydrogen-bond donors (Lipinski definition) is 1. The number of amides is 2.